The summed E-state index contributed by atoms with van der Waals surface area (Å²) in [6, 6.07) is -0.0439. The maximum atomic E-state index is 12.3. The molecule has 1 unspecified atom stereocenters. The number of rotatable bonds is 5. The Balaban J connectivity index is 2.58. The van der Waals surface area contributed by atoms with Crippen LogP contribution in [0.5, 0.6) is 0 Å². The Kier molecular flexibility index (Phi) is 6.02. The van der Waals surface area contributed by atoms with E-state index in [2.05, 4.69) is 19.2 Å². The first kappa shape index (κ1) is 15.4. The van der Waals surface area contributed by atoms with E-state index < -0.39 is 0 Å². The Bertz CT molecular complexity index is 305. The molecule has 0 aromatic heterocycles. The molecule has 1 aliphatic heterocycles. The van der Waals surface area contributed by atoms with Crippen LogP contribution < -0.4 is 11.1 Å². The lowest BCUT2D eigenvalue weighted by Crippen LogP contribution is -2.45. The van der Waals surface area contributed by atoms with Crippen molar-refractivity contribution in [2.24, 2.45) is 11.1 Å². The molecule has 1 saturated heterocycles. The maximum absolute atomic E-state index is 12.3. The van der Waals surface area contributed by atoms with Gasteiger partial charge in [-0.1, -0.05) is 13.8 Å². The van der Waals surface area contributed by atoms with E-state index in [9.17, 15) is 4.79 Å². The fourth-order valence-electron chi connectivity index (χ4n) is 2.24. The van der Waals surface area contributed by atoms with Crippen LogP contribution in [0, 0.1) is 5.41 Å². The van der Waals surface area contributed by atoms with Crippen LogP contribution in [0.15, 0.2) is 11.6 Å². The molecule has 0 aromatic carbocycles. The van der Waals surface area contributed by atoms with Gasteiger partial charge in [0.25, 0.3) is 0 Å². The minimum atomic E-state index is -0.0439. The summed E-state index contributed by atoms with van der Waals surface area (Å²) in [5.74, 6) is 1.14. The van der Waals surface area contributed by atoms with E-state index in [4.69, 9.17) is 5.73 Å². The van der Waals surface area contributed by atoms with Crippen LogP contribution in [0.4, 0.5) is 0 Å². The van der Waals surface area contributed by atoms with Crippen molar-refractivity contribution in [3.63, 3.8) is 0 Å². The van der Waals surface area contributed by atoms with Crippen LogP contribution in [0.2, 0.25) is 0 Å². The molecule has 0 radical (unpaired) electrons. The van der Waals surface area contributed by atoms with Crippen molar-refractivity contribution >= 4 is 17.7 Å². The first-order valence-corrected chi connectivity index (χ1v) is 7.49. The molecule has 4 nitrogen and oxygen atoms in total. The van der Waals surface area contributed by atoms with E-state index >= 15 is 0 Å². The normalized spacial score (nSPS) is 24.5. The van der Waals surface area contributed by atoms with Gasteiger partial charge in [-0.15, -0.1) is 11.8 Å². The molecule has 0 spiro atoms. The van der Waals surface area contributed by atoms with Crippen molar-refractivity contribution in [1.82, 2.24) is 10.2 Å². The quantitative estimate of drug-likeness (QED) is 0.742. The average molecular weight is 271 g/mol. The number of nitrogens with one attached hydrogen (secondary N) is 1. The Morgan fingerprint density at radius 2 is 2.33 bits per heavy atom. The number of carbonyl (C=O) groups excluding carboxylic acids is 1. The highest BCUT2D eigenvalue weighted by Gasteiger charge is 2.33. The zero-order valence-electron chi connectivity index (χ0n) is 11.6. The van der Waals surface area contributed by atoms with Gasteiger partial charge in [-0.3, -0.25) is 4.79 Å². The second-order valence-corrected chi connectivity index (χ2v) is 6.50. The van der Waals surface area contributed by atoms with Crippen molar-refractivity contribution in [2.45, 2.75) is 32.7 Å². The molecule has 1 fully saturated rings. The SMILES string of the molecule is CNC1CC(C)(C)CCN(CCS/C=C\N)C1=O. The minimum absolute atomic E-state index is 0.0439. The number of amides is 1. The van der Waals surface area contributed by atoms with E-state index in [1.807, 2.05) is 17.4 Å². The average Bonchev–Trinajstić information content (AvgIpc) is 2.44. The van der Waals surface area contributed by atoms with Crippen molar-refractivity contribution in [2.75, 3.05) is 25.9 Å². The molecule has 0 saturated carbocycles. The highest BCUT2D eigenvalue weighted by Crippen LogP contribution is 2.30. The third-order valence-electron chi connectivity index (χ3n) is 3.43. The third kappa shape index (κ3) is 4.53. The number of carbonyl (C=O) groups is 1. The number of nitrogens with zero attached hydrogens (tertiary/aromatic N) is 1. The summed E-state index contributed by atoms with van der Waals surface area (Å²) in [6.07, 6.45) is 3.51. The lowest BCUT2D eigenvalue weighted by molar-refractivity contribution is -0.132. The zero-order valence-corrected chi connectivity index (χ0v) is 12.4. The predicted molar refractivity (Wildman–Crippen MR) is 78.2 cm³/mol. The molecule has 1 aliphatic rings. The highest BCUT2D eigenvalue weighted by atomic mass is 32.2. The molecule has 1 heterocycles. The Hall–Kier alpha value is -0.680. The lowest BCUT2D eigenvalue weighted by Gasteiger charge is -2.24. The van der Waals surface area contributed by atoms with Gasteiger partial charge in [0.15, 0.2) is 0 Å². The standard InChI is InChI=1S/C13H25N3OS/c1-13(2)4-6-16(7-9-18-8-5-14)12(17)11(10-13)15-3/h5,8,11,15H,4,6-7,9-10,14H2,1-3H3/b8-5-. The first-order valence-electron chi connectivity index (χ1n) is 6.44. The molecule has 104 valence electrons. The second-order valence-electron chi connectivity index (χ2n) is 5.48. The molecule has 1 rings (SSSR count). The molecular formula is C13H25N3OS. The van der Waals surface area contributed by atoms with Gasteiger partial charge >= 0.3 is 0 Å². The van der Waals surface area contributed by atoms with Crippen molar-refractivity contribution in [3.8, 4) is 0 Å². The van der Waals surface area contributed by atoms with E-state index in [1.54, 1.807) is 11.8 Å². The van der Waals surface area contributed by atoms with Crippen molar-refractivity contribution < 1.29 is 4.79 Å². The van der Waals surface area contributed by atoms with E-state index in [0.29, 0.717) is 0 Å². The van der Waals surface area contributed by atoms with Gasteiger partial charge in [-0.25, -0.2) is 0 Å². The molecule has 0 aromatic rings. The minimum Gasteiger partial charge on any atom is -0.404 e. The number of nitrogens with two attached hydrogens (primary N) is 1. The molecule has 18 heavy (non-hydrogen) atoms. The molecule has 3 N–H and O–H groups in total. The topological polar surface area (TPSA) is 58.4 Å². The number of likely N-dealkylation sites (N-methyl/N-ethyl adjacent to an activating group) is 1. The van der Waals surface area contributed by atoms with Gasteiger partial charge in [0.1, 0.15) is 0 Å². The Labute approximate surface area is 114 Å². The van der Waals surface area contributed by atoms with Gasteiger partial charge in [0, 0.05) is 25.0 Å². The van der Waals surface area contributed by atoms with Crippen molar-refractivity contribution in [1.29, 1.82) is 0 Å². The van der Waals surface area contributed by atoms with Crippen LogP contribution in [-0.2, 0) is 4.79 Å². The van der Waals surface area contributed by atoms with Gasteiger partial charge in [0.05, 0.1) is 6.04 Å². The number of likely N-dealkylation sites (tertiary alicyclic amines) is 1. The molecule has 0 aliphatic carbocycles. The lowest BCUT2D eigenvalue weighted by atomic mass is 9.83. The molecule has 1 amide bonds. The van der Waals surface area contributed by atoms with Crippen LogP contribution >= 0.6 is 11.8 Å². The van der Waals surface area contributed by atoms with Gasteiger partial charge in [0.2, 0.25) is 5.91 Å². The Morgan fingerprint density at radius 3 is 2.94 bits per heavy atom. The van der Waals surface area contributed by atoms with E-state index in [0.717, 1.165) is 31.7 Å². The monoisotopic (exact) mass is 271 g/mol. The maximum Gasteiger partial charge on any atom is 0.239 e. The molecule has 0 bridgehead atoms. The predicted octanol–water partition coefficient (Wildman–Crippen LogP) is 1.39. The summed E-state index contributed by atoms with van der Waals surface area (Å²) in [5, 5.41) is 5.01. The van der Waals surface area contributed by atoms with Crippen LogP contribution in [-0.4, -0.2) is 42.7 Å². The third-order valence-corrected chi connectivity index (χ3v) is 4.20. The summed E-state index contributed by atoms with van der Waals surface area (Å²) >= 11 is 1.64. The summed E-state index contributed by atoms with van der Waals surface area (Å²) in [7, 11) is 1.87. The van der Waals surface area contributed by atoms with E-state index in [-0.39, 0.29) is 17.4 Å². The van der Waals surface area contributed by atoms with Gasteiger partial charge in [-0.2, -0.15) is 0 Å². The largest absolute Gasteiger partial charge is 0.404 e. The Morgan fingerprint density at radius 1 is 1.61 bits per heavy atom. The summed E-state index contributed by atoms with van der Waals surface area (Å²) in [5.41, 5.74) is 5.51. The smallest absolute Gasteiger partial charge is 0.239 e. The van der Waals surface area contributed by atoms with Gasteiger partial charge in [-0.05, 0) is 30.7 Å². The van der Waals surface area contributed by atoms with E-state index in [1.165, 1.54) is 6.20 Å². The van der Waals surface area contributed by atoms with Crippen molar-refractivity contribution in [3.05, 3.63) is 11.6 Å². The van der Waals surface area contributed by atoms with Crippen LogP contribution in [0.1, 0.15) is 26.7 Å². The number of hydrogen-bond acceptors (Lipinski definition) is 4. The highest BCUT2D eigenvalue weighted by molar-refractivity contribution is 8.02. The van der Waals surface area contributed by atoms with Gasteiger partial charge < -0.3 is 16.0 Å². The zero-order chi connectivity index (χ0) is 13.6. The molecule has 5 heteroatoms. The number of hydrogen-bond donors (Lipinski definition) is 2. The fraction of sp³-hybridized carbons (Fsp3) is 0.769. The number of thioether (sulfide) groups is 1. The second kappa shape index (κ2) is 7.04. The first-order chi connectivity index (χ1) is 8.50. The summed E-state index contributed by atoms with van der Waals surface area (Å²) in [4.78, 5) is 14.3. The molecule has 1 atom stereocenters. The van der Waals surface area contributed by atoms with Crippen LogP contribution in [0.25, 0.3) is 0 Å². The summed E-state index contributed by atoms with van der Waals surface area (Å²) < 4.78 is 0. The summed E-state index contributed by atoms with van der Waals surface area (Å²) in [6.45, 7) is 6.12. The van der Waals surface area contributed by atoms with Crippen LogP contribution in [0.3, 0.4) is 0 Å². The fourth-order valence-corrected chi connectivity index (χ4v) is 2.82. The molecular weight excluding hydrogens is 246 g/mol.